The van der Waals surface area contributed by atoms with Crippen molar-refractivity contribution in [2.45, 2.75) is 142 Å². The van der Waals surface area contributed by atoms with Gasteiger partial charge in [0.05, 0.1) is 0 Å². The maximum absolute atomic E-state index is 12.1. The fourth-order valence-corrected chi connectivity index (χ4v) is 6.71. The van der Waals surface area contributed by atoms with Crippen molar-refractivity contribution in [1.29, 1.82) is 0 Å². The van der Waals surface area contributed by atoms with Crippen LogP contribution in [0.3, 0.4) is 0 Å². The SMILES string of the molecule is C[C@@H](CCCC(=O)CO[PH](=O)OCC(=O)CCC[C@H](C)O[Si](C)(C)C(C)(C)C)O[Si](C)(C)C(C)(C)C. The molecule has 0 aromatic rings. The highest BCUT2D eigenvalue weighted by molar-refractivity contribution is 7.33. The van der Waals surface area contributed by atoms with Crippen molar-refractivity contribution in [3.63, 3.8) is 0 Å². The minimum absolute atomic E-state index is 0.0923. The standard InChI is InChI=1S/C26H55O7PSi2/c1-21(32-35(9,10)25(3,4)5)15-13-17-23(27)19-30-34(29)31-20-24(28)18-14-16-22(2)33-36(11,12)26(6,7)8/h21-22,34H,13-20H2,1-12H3/t21-,22-/m0/s1. The van der Waals surface area contributed by atoms with E-state index in [0.717, 1.165) is 12.8 Å². The van der Waals surface area contributed by atoms with Gasteiger partial charge in [0.1, 0.15) is 13.2 Å². The third-order valence-corrected chi connectivity index (χ3v) is 17.4. The van der Waals surface area contributed by atoms with E-state index in [0.29, 0.717) is 25.7 Å². The van der Waals surface area contributed by atoms with Gasteiger partial charge in [-0.1, -0.05) is 41.5 Å². The smallest absolute Gasteiger partial charge is 0.319 e. The van der Waals surface area contributed by atoms with E-state index in [2.05, 4.69) is 67.7 Å². The predicted molar refractivity (Wildman–Crippen MR) is 154 cm³/mol. The number of hydrogen-bond donors (Lipinski definition) is 0. The van der Waals surface area contributed by atoms with Gasteiger partial charge in [-0.3, -0.25) is 14.2 Å². The van der Waals surface area contributed by atoms with Crippen LogP contribution in [0.15, 0.2) is 0 Å². The predicted octanol–water partition coefficient (Wildman–Crippen LogP) is 7.71. The molecule has 0 fully saturated rings. The van der Waals surface area contributed by atoms with Crippen molar-refractivity contribution in [1.82, 2.24) is 0 Å². The third kappa shape index (κ3) is 14.7. The van der Waals surface area contributed by atoms with Crippen LogP contribution in [-0.2, 0) is 32.1 Å². The van der Waals surface area contributed by atoms with Gasteiger partial charge in [0.25, 0.3) is 0 Å². The summed E-state index contributed by atoms with van der Waals surface area (Å²) in [5.74, 6) is -0.253. The third-order valence-electron chi connectivity index (χ3n) is 7.44. The zero-order chi connectivity index (χ0) is 28.4. The van der Waals surface area contributed by atoms with Crippen LogP contribution in [0.5, 0.6) is 0 Å². The van der Waals surface area contributed by atoms with Crippen molar-refractivity contribution in [2.24, 2.45) is 0 Å². The Hall–Kier alpha value is -0.156. The van der Waals surface area contributed by atoms with Gasteiger partial charge in [0.15, 0.2) is 28.2 Å². The van der Waals surface area contributed by atoms with E-state index in [-0.39, 0.29) is 47.1 Å². The van der Waals surface area contributed by atoms with E-state index < -0.39 is 24.9 Å². The maximum Gasteiger partial charge on any atom is 0.319 e. The van der Waals surface area contributed by atoms with Gasteiger partial charge in [0.2, 0.25) is 0 Å². The molecular formula is C26H55O7PSi2. The summed E-state index contributed by atoms with van der Waals surface area (Å²) in [6.07, 6.45) is 3.83. The Morgan fingerprint density at radius 2 is 1.00 bits per heavy atom. The number of carbonyl (C=O) groups is 2. The summed E-state index contributed by atoms with van der Waals surface area (Å²) in [4.78, 5) is 24.1. The van der Waals surface area contributed by atoms with Crippen LogP contribution in [0.2, 0.25) is 36.3 Å². The Labute approximate surface area is 224 Å². The molecule has 0 amide bonds. The van der Waals surface area contributed by atoms with E-state index in [1.54, 1.807) is 0 Å². The average molecular weight is 567 g/mol. The van der Waals surface area contributed by atoms with E-state index in [9.17, 15) is 14.2 Å². The molecule has 0 N–H and O–H groups in total. The summed E-state index contributed by atoms with van der Waals surface area (Å²) >= 11 is 0. The van der Waals surface area contributed by atoms with E-state index >= 15 is 0 Å². The summed E-state index contributed by atoms with van der Waals surface area (Å²) in [6.45, 7) is 25.7. The molecule has 36 heavy (non-hydrogen) atoms. The molecule has 0 aliphatic carbocycles. The Bertz CT molecular complexity index is 654. The van der Waals surface area contributed by atoms with E-state index in [1.807, 2.05) is 13.8 Å². The monoisotopic (exact) mass is 566 g/mol. The fourth-order valence-electron chi connectivity index (χ4n) is 3.12. The quantitative estimate of drug-likeness (QED) is 0.124. The molecule has 0 saturated carbocycles. The zero-order valence-corrected chi connectivity index (χ0v) is 28.2. The summed E-state index contributed by atoms with van der Waals surface area (Å²) < 4.78 is 34.6. The fraction of sp³-hybridized carbons (Fsp3) is 0.923. The van der Waals surface area contributed by atoms with Gasteiger partial charge in [-0.15, -0.1) is 0 Å². The second-order valence-corrected chi connectivity index (χ2v) is 23.7. The summed E-state index contributed by atoms with van der Waals surface area (Å²) in [6, 6.07) is 0. The summed E-state index contributed by atoms with van der Waals surface area (Å²) in [5, 5.41) is 0.298. The van der Waals surface area contributed by atoms with Gasteiger partial charge in [-0.25, -0.2) is 0 Å². The van der Waals surface area contributed by atoms with Gasteiger partial charge in [0, 0.05) is 25.0 Å². The zero-order valence-electron chi connectivity index (χ0n) is 25.2. The highest BCUT2D eigenvalue weighted by Gasteiger charge is 2.39. The molecule has 0 heterocycles. The minimum Gasteiger partial charge on any atom is -0.414 e. The Morgan fingerprint density at radius 1 is 0.694 bits per heavy atom. The van der Waals surface area contributed by atoms with Crippen LogP contribution in [0.4, 0.5) is 0 Å². The molecule has 0 aliphatic heterocycles. The lowest BCUT2D eigenvalue weighted by Gasteiger charge is -2.38. The molecule has 0 unspecified atom stereocenters. The van der Waals surface area contributed by atoms with Crippen LogP contribution >= 0.6 is 8.25 Å². The molecule has 0 spiro atoms. The molecular weight excluding hydrogens is 511 g/mol. The number of ketones is 2. The number of hydrogen-bond acceptors (Lipinski definition) is 7. The summed E-state index contributed by atoms with van der Waals surface area (Å²) in [7, 11) is -6.51. The first-order chi connectivity index (χ1) is 16.2. The lowest BCUT2D eigenvalue weighted by molar-refractivity contribution is -0.121. The van der Waals surface area contributed by atoms with Crippen LogP contribution < -0.4 is 0 Å². The van der Waals surface area contributed by atoms with Crippen molar-refractivity contribution >= 4 is 36.5 Å². The Morgan fingerprint density at radius 3 is 1.28 bits per heavy atom. The highest BCUT2D eigenvalue weighted by Crippen LogP contribution is 2.38. The lowest BCUT2D eigenvalue weighted by Crippen LogP contribution is -2.43. The molecule has 0 aromatic carbocycles. The van der Waals surface area contributed by atoms with E-state index in [1.165, 1.54) is 0 Å². The van der Waals surface area contributed by atoms with Crippen LogP contribution in [0, 0.1) is 0 Å². The maximum atomic E-state index is 12.1. The molecule has 0 rings (SSSR count). The molecule has 0 aromatic heterocycles. The first-order valence-corrected chi connectivity index (χ1v) is 20.4. The Balaban J connectivity index is 4.06. The first-order valence-electron chi connectivity index (χ1n) is 13.4. The average Bonchev–Trinajstić information content (AvgIpc) is 2.68. The number of carbonyl (C=O) groups excluding carboxylic acids is 2. The minimum atomic E-state index is -2.87. The number of Topliss-reactive ketones (excluding diaryl/α,β-unsaturated/α-hetero) is 2. The van der Waals surface area contributed by atoms with Gasteiger partial charge in [-0.05, 0) is 75.8 Å². The normalized spacial score (nSPS) is 15.2. The highest BCUT2D eigenvalue weighted by atomic mass is 31.1. The second-order valence-electron chi connectivity index (χ2n) is 13.1. The molecule has 0 radical (unpaired) electrons. The van der Waals surface area contributed by atoms with Gasteiger partial charge < -0.3 is 17.9 Å². The van der Waals surface area contributed by atoms with Crippen molar-refractivity contribution < 1.29 is 32.1 Å². The lowest BCUT2D eigenvalue weighted by atomic mass is 10.1. The molecule has 7 nitrogen and oxygen atoms in total. The molecule has 10 heteroatoms. The molecule has 0 bridgehead atoms. The largest absolute Gasteiger partial charge is 0.414 e. The number of rotatable bonds is 18. The van der Waals surface area contributed by atoms with Crippen molar-refractivity contribution in [3.05, 3.63) is 0 Å². The second kappa shape index (κ2) is 15.4. The molecule has 0 saturated heterocycles. The molecule has 0 aliphatic rings. The van der Waals surface area contributed by atoms with Crippen LogP contribution in [0.25, 0.3) is 0 Å². The van der Waals surface area contributed by atoms with E-state index in [4.69, 9.17) is 17.9 Å². The molecule has 2 atom stereocenters. The van der Waals surface area contributed by atoms with Crippen LogP contribution in [-0.4, -0.2) is 53.6 Å². The Kier molecular flexibility index (Phi) is 15.4. The van der Waals surface area contributed by atoms with Gasteiger partial charge in [-0.2, -0.15) is 0 Å². The summed E-state index contributed by atoms with van der Waals surface area (Å²) in [5.41, 5.74) is 0. The van der Waals surface area contributed by atoms with Crippen molar-refractivity contribution in [2.75, 3.05) is 13.2 Å². The van der Waals surface area contributed by atoms with Crippen LogP contribution in [0.1, 0.15) is 93.9 Å². The van der Waals surface area contributed by atoms with Crippen molar-refractivity contribution in [3.8, 4) is 0 Å². The first kappa shape index (κ1) is 35.8. The molecule has 214 valence electrons. The van der Waals surface area contributed by atoms with Gasteiger partial charge >= 0.3 is 8.25 Å². The topological polar surface area (TPSA) is 88.1 Å².